The fraction of sp³-hybridized carbons (Fsp3) is 0.240. The van der Waals surface area contributed by atoms with Gasteiger partial charge in [0.2, 0.25) is 5.91 Å². The van der Waals surface area contributed by atoms with Crippen molar-refractivity contribution in [2.24, 2.45) is 5.10 Å². The number of halogens is 2. The van der Waals surface area contributed by atoms with Crippen LogP contribution < -0.4 is 11.0 Å². The largest absolute Gasteiger partial charge is 0.333 e. The maximum absolute atomic E-state index is 14.7. The van der Waals surface area contributed by atoms with Crippen LogP contribution in [0.15, 0.2) is 58.6 Å². The summed E-state index contributed by atoms with van der Waals surface area (Å²) in [6.45, 7) is 0.704. The van der Waals surface area contributed by atoms with Crippen molar-refractivity contribution < 1.29 is 18.4 Å². The zero-order valence-corrected chi connectivity index (χ0v) is 18.6. The van der Waals surface area contributed by atoms with E-state index in [1.807, 2.05) is 6.07 Å². The minimum Gasteiger partial charge on any atom is -0.333 e. The SMILES string of the molecule is O=C1CCC(C(=O)N2CCc3c(cc(-c4ccc(F)cc4F)c(=O)n3Cc3ccccn3)C2)=NN1. The maximum atomic E-state index is 14.7. The molecule has 0 unspecified atom stereocenters. The lowest BCUT2D eigenvalue weighted by Crippen LogP contribution is -2.44. The molecule has 5 rings (SSSR count). The Balaban J connectivity index is 1.57. The van der Waals surface area contributed by atoms with Gasteiger partial charge in [0, 0.05) is 55.9 Å². The van der Waals surface area contributed by atoms with Crippen molar-refractivity contribution in [3.05, 3.63) is 87.6 Å². The van der Waals surface area contributed by atoms with Gasteiger partial charge in [-0.25, -0.2) is 14.2 Å². The van der Waals surface area contributed by atoms with E-state index in [1.54, 1.807) is 33.9 Å². The van der Waals surface area contributed by atoms with Crippen LogP contribution >= 0.6 is 0 Å². The average molecular weight is 477 g/mol. The Morgan fingerprint density at radius 3 is 2.60 bits per heavy atom. The number of nitrogens with zero attached hydrogens (tertiary/aromatic N) is 4. The van der Waals surface area contributed by atoms with E-state index in [1.165, 1.54) is 6.07 Å². The number of hydrogen-bond acceptors (Lipinski definition) is 5. The number of pyridine rings is 2. The molecule has 2 aliphatic heterocycles. The Morgan fingerprint density at radius 1 is 1.03 bits per heavy atom. The highest BCUT2D eigenvalue weighted by atomic mass is 19.1. The maximum Gasteiger partial charge on any atom is 0.270 e. The number of fused-ring (bicyclic) bond motifs is 1. The molecule has 1 aromatic carbocycles. The van der Waals surface area contributed by atoms with E-state index < -0.39 is 17.2 Å². The first-order valence-electron chi connectivity index (χ1n) is 11.2. The number of carbonyl (C=O) groups excluding carboxylic acids is 2. The summed E-state index contributed by atoms with van der Waals surface area (Å²) in [5, 5.41) is 3.89. The molecular formula is C25H21F2N5O3. The van der Waals surface area contributed by atoms with E-state index in [4.69, 9.17) is 0 Å². The summed E-state index contributed by atoms with van der Waals surface area (Å²) < 4.78 is 29.8. The van der Waals surface area contributed by atoms with Gasteiger partial charge in [-0.2, -0.15) is 5.10 Å². The molecule has 0 aliphatic carbocycles. The van der Waals surface area contributed by atoms with E-state index in [9.17, 15) is 23.2 Å². The molecule has 35 heavy (non-hydrogen) atoms. The molecule has 0 fully saturated rings. The Kier molecular flexibility index (Phi) is 5.94. The van der Waals surface area contributed by atoms with Crippen molar-refractivity contribution >= 4 is 17.5 Å². The van der Waals surface area contributed by atoms with Crippen molar-refractivity contribution in [2.45, 2.75) is 32.4 Å². The Bertz CT molecular complexity index is 1420. The number of benzene rings is 1. The standard InChI is InChI=1S/C25H21F2N5O3/c26-16-4-5-18(20(27)12-16)19-11-15-13-31(25(35)21-6-7-23(33)30-29-21)10-8-22(15)32(24(19)34)14-17-3-1-2-9-28-17/h1-5,9,11-12H,6-8,10,13-14H2,(H,30,33). The summed E-state index contributed by atoms with van der Waals surface area (Å²) in [5.41, 5.74) is 4.30. The summed E-state index contributed by atoms with van der Waals surface area (Å²) >= 11 is 0. The van der Waals surface area contributed by atoms with E-state index in [-0.39, 0.29) is 54.6 Å². The summed E-state index contributed by atoms with van der Waals surface area (Å²) in [6.07, 6.45) is 2.46. The molecule has 10 heteroatoms. The van der Waals surface area contributed by atoms with Gasteiger partial charge in [-0.15, -0.1) is 0 Å². The highest BCUT2D eigenvalue weighted by molar-refractivity contribution is 6.39. The fourth-order valence-electron chi connectivity index (χ4n) is 4.42. The van der Waals surface area contributed by atoms with Gasteiger partial charge in [-0.3, -0.25) is 19.4 Å². The van der Waals surface area contributed by atoms with Crippen LogP contribution in [0.5, 0.6) is 0 Å². The van der Waals surface area contributed by atoms with Gasteiger partial charge >= 0.3 is 0 Å². The summed E-state index contributed by atoms with van der Waals surface area (Å²) in [5.74, 6) is -2.12. The lowest BCUT2D eigenvalue weighted by molar-refractivity contribution is -0.125. The quantitative estimate of drug-likeness (QED) is 0.624. The minimum absolute atomic E-state index is 0.0169. The Morgan fingerprint density at radius 2 is 1.89 bits per heavy atom. The lowest BCUT2D eigenvalue weighted by Gasteiger charge is -2.31. The molecule has 0 atom stereocenters. The second-order valence-electron chi connectivity index (χ2n) is 8.44. The third-order valence-corrected chi connectivity index (χ3v) is 6.18. The van der Waals surface area contributed by atoms with E-state index >= 15 is 0 Å². The molecule has 2 amide bonds. The zero-order chi connectivity index (χ0) is 24.5. The van der Waals surface area contributed by atoms with Gasteiger partial charge in [-0.05, 0) is 35.9 Å². The highest BCUT2D eigenvalue weighted by Crippen LogP contribution is 2.27. The molecular weight excluding hydrogens is 456 g/mol. The van der Waals surface area contributed by atoms with E-state index in [2.05, 4.69) is 15.5 Å². The van der Waals surface area contributed by atoms with Crippen LogP contribution in [0, 0.1) is 11.6 Å². The average Bonchev–Trinajstić information content (AvgIpc) is 2.86. The van der Waals surface area contributed by atoms with Crippen LogP contribution in [0.25, 0.3) is 11.1 Å². The van der Waals surface area contributed by atoms with E-state index in [0.717, 1.165) is 17.8 Å². The number of nitrogens with one attached hydrogen (secondary N) is 1. The molecule has 0 spiro atoms. The van der Waals surface area contributed by atoms with Crippen LogP contribution in [-0.2, 0) is 29.1 Å². The van der Waals surface area contributed by atoms with Crippen LogP contribution in [-0.4, -0.2) is 38.5 Å². The molecule has 0 saturated carbocycles. The topological polar surface area (TPSA) is 96.7 Å². The van der Waals surface area contributed by atoms with Crippen LogP contribution in [0.1, 0.15) is 29.8 Å². The third-order valence-electron chi connectivity index (χ3n) is 6.18. The second kappa shape index (κ2) is 9.21. The first-order chi connectivity index (χ1) is 16.9. The summed E-state index contributed by atoms with van der Waals surface area (Å²) in [6, 6.07) is 10.0. The molecule has 0 radical (unpaired) electrons. The number of hydrogen-bond donors (Lipinski definition) is 1. The van der Waals surface area contributed by atoms with Gasteiger partial charge in [0.1, 0.15) is 17.3 Å². The van der Waals surface area contributed by atoms with E-state index in [0.29, 0.717) is 24.2 Å². The molecule has 8 nitrogen and oxygen atoms in total. The number of aromatic nitrogens is 2. The molecule has 0 bridgehead atoms. The summed E-state index contributed by atoms with van der Waals surface area (Å²) in [7, 11) is 0. The predicted molar refractivity (Wildman–Crippen MR) is 123 cm³/mol. The van der Waals surface area contributed by atoms with Crippen LogP contribution in [0.3, 0.4) is 0 Å². The fourth-order valence-corrected chi connectivity index (χ4v) is 4.42. The Hall–Kier alpha value is -4.21. The van der Waals surface area contributed by atoms with Gasteiger partial charge in [0.25, 0.3) is 11.5 Å². The zero-order valence-electron chi connectivity index (χ0n) is 18.6. The smallest absolute Gasteiger partial charge is 0.270 e. The molecule has 3 aromatic rings. The minimum atomic E-state index is -0.845. The highest BCUT2D eigenvalue weighted by Gasteiger charge is 2.29. The monoisotopic (exact) mass is 477 g/mol. The molecule has 4 heterocycles. The normalized spacial score (nSPS) is 15.3. The van der Waals surface area contributed by atoms with Crippen molar-refractivity contribution in [1.82, 2.24) is 19.9 Å². The van der Waals surface area contributed by atoms with Gasteiger partial charge in [0.05, 0.1) is 17.8 Å². The summed E-state index contributed by atoms with van der Waals surface area (Å²) in [4.78, 5) is 43.8. The number of amides is 2. The van der Waals surface area contributed by atoms with Gasteiger partial charge in [-0.1, -0.05) is 6.07 Å². The van der Waals surface area contributed by atoms with Gasteiger partial charge < -0.3 is 9.47 Å². The molecule has 2 aliphatic rings. The second-order valence-corrected chi connectivity index (χ2v) is 8.44. The first kappa shape index (κ1) is 22.6. The number of carbonyl (C=O) groups is 2. The molecule has 2 aromatic heterocycles. The first-order valence-corrected chi connectivity index (χ1v) is 11.2. The number of hydrazone groups is 1. The number of rotatable bonds is 4. The molecule has 1 N–H and O–H groups in total. The van der Waals surface area contributed by atoms with Crippen LogP contribution in [0.2, 0.25) is 0 Å². The molecule has 178 valence electrons. The van der Waals surface area contributed by atoms with Crippen LogP contribution in [0.4, 0.5) is 8.78 Å². The van der Waals surface area contributed by atoms with Crippen molar-refractivity contribution in [1.29, 1.82) is 0 Å². The molecule has 0 saturated heterocycles. The Labute approximate surface area is 198 Å². The van der Waals surface area contributed by atoms with Crippen molar-refractivity contribution in [2.75, 3.05) is 6.54 Å². The van der Waals surface area contributed by atoms with Crippen molar-refractivity contribution in [3.8, 4) is 11.1 Å². The predicted octanol–water partition coefficient (Wildman–Crippen LogP) is 2.39. The van der Waals surface area contributed by atoms with Crippen molar-refractivity contribution in [3.63, 3.8) is 0 Å². The van der Waals surface area contributed by atoms with Gasteiger partial charge in [0.15, 0.2) is 0 Å². The third kappa shape index (κ3) is 4.46. The lowest BCUT2D eigenvalue weighted by atomic mass is 9.98.